The van der Waals surface area contributed by atoms with Gasteiger partial charge in [0.2, 0.25) is 0 Å². The van der Waals surface area contributed by atoms with Gasteiger partial charge in [-0.05, 0) is 23.1 Å². The summed E-state index contributed by atoms with van der Waals surface area (Å²) in [7, 11) is 0. The van der Waals surface area contributed by atoms with E-state index in [1.165, 1.54) is 0 Å². The molecule has 0 N–H and O–H groups in total. The van der Waals surface area contributed by atoms with Crippen molar-refractivity contribution in [3.8, 4) is 0 Å². The quantitative estimate of drug-likeness (QED) is 0.849. The van der Waals surface area contributed by atoms with Crippen LogP contribution in [0.2, 0.25) is 5.02 Å². The van der Waals surface area contributed by atoms with Crippen LogP contribution in [0.5, 0.6) is 0 Å². The Labute approximate surface area is 140 Å². The van der Waals surface area contributed by atoms with Crippen molar-refractivity contribution in [3.63, 3.8) is 0 Å². The van der Waals surface area contributed by atoms with Crippen molar-refractivity contribution in [2.24, 2.45) is 5.41 Å². The minimum Gasteiger partial charge on any atom is -0.353 e. The van der Waals surface area contributed by atoms with E-state index < -0.39 is 4.93 Å². The highest BCUT2D eigenvalue weighted by molar-refractivity contribution is 8.00. The number of hydrogen-bond acceptors (Lipinski definition) is 4. The highest BCUT2D eigenvalue weighted by atomic mass is 35.5. The third-order valence-electron chi connectivity index (χ3n) is 3.89. The lowest BCUT2D eigenvalue weighted by atomic mass is 9.90. The monoisotopic (exact) mass is 337 g/mol. The molecule has 0 saturated carbocycles. The highest BCUT2D eigenvalue weighted by Gasteiger charge is 2.46. The molecule has 0 bridgehead atoms. The molecule has 4 nitrogen and oxygen atoms in total. The Balaban J connectivity index is 1.94. The molecule has 2 heterocycles. The first-order valence-electron chi connectivity index (χ1n) is 7.29. The van der Waals surface area contributed by atoms with E-state index in [9.17, 15) is 0 Å². The number of benzene rings is 1. The molecule has 1 fully saturated rings. The van der Waals surface area contributed by atoms with Gasteiger partial charge in [-0.15, -0.1) is 11.8 Å². The zero-order valence-corrected chi connectivity index (χ0v) is 14.6. The Morgan fingerprint density at radius 1 is 1.36 bits per heavy atom. The first-order chi connectivity index (χ1) is 10.4. The molecule has 118 valence electrons. The molecule has 1 aromatic heterocycles. The third-order valence-corrected chi connectivity index (χ3v) is 5.54. The van der Waals surface area contributed by atoms with Gasteiger partial charge in [-0.3, -0.25) is 0 Å². The molecule has 6 heteroatoms. The van der Waals surface area contributed by atoms with Crippen molar-refractivity contribution in [1.29, 1.82) is 0 Å². The van der Waals surface area contributed by atoms with Gasteiger partial charge in [0.15, 0.2) is 4.93 Å². The molecule has 1 aromatic carbocycles. The Bertz CT molecular complexity index is 624. The van der Waals surface area contributed by atoms with Crippen molar-refractivity contribution in [3.05, 3.63) is 47.5 Å². The predicted molar refractivity (Wildman–Crippen MR) is 89.9 cm³/mol. The number of aromatic nitrogens is 3. The van der Waals surface area contributed by atoms with Crippen molar-refractivity contribution < 1.29 is 4.74 Å². The van der Waals surface area contributed by atoms with Crippen molar-refractivity contribution >= 4 is 23.4 Å². The first-order valence-corrected chi connectivity index (χ1v) is 8.66. The highest BCUT2D eigenvalue weighted by Crippen LogP contribution is 2.49. The molecule has 1 saturated heterocycles. The van der Waals surface area contributed by atoms with Gasteiger partial charge in [0.1, 0.15) is 12.7 Å². The first kappa shape index (κ1) is 15.8. The predicted octanol–water partition coefficient (Wildman–Crippen LogP) is 3.96. The molecule has 1 aliphatic heterocycles. The Kier molecular flexibility index (Phi) is 4.23. The van der Waals surface area contributed by atoms with Crippen molar-refractivity contribution in [2.45, 2.75) is 38.4 Å². The lowest BCUT2D eigenvalue weighted by Gasteiger charge is -2.32. The number of hydrogen-bond donors (Lipinski definition) is 0. The van der Waals surface area contributed by atoms with Crippen LogP contribution < -0.4 is 0 Å². The van der Waals surface area contributed by atoms with Gasteiger partial charge >= 0.3 is 0 Å². The Morgan fingerprint density at radius 2 is 2.09 bits per heavy atom. The van der Waals surface area contributed by atoms with Crippen LogP contribution in [0.4, 0.5) is 0 Å². The molecular formula is C16H20ClN3OS. The lowest BCUT2D eigenvalue weighted by Crippen LogP contribution is -2.34. The smallest absolute Gasteiger partial charge is 0.159 e. The maximum Gasteiger partial charge on any atom is 0.159 e. The fourth-order valence-corrected chi connectivity index (χ4v) is 4.32. The van der Waals surface area contributed by atoms with Crippen LogP contribution in [-0.4, -0.2) is 26.6 Å². The van der Waals surface area contributed by atoms with E-state index in [1.807, 2.05) is 40.7 Å². The zero-order valence-electron chi connectivity index (χ0n) is 13.0. The molecule has 1 aliphatic rings. The van der Waals surface area contributed by atoms with E-state index in [2.05, 4.69) is 30.9 Å². The summed E-state index contributed by atoms with van der Waals surface area (Å²) in [5, 5.41) is 4.97. The number of ether oxygens (including phenoxy) is 1. The zero-order chi connectivity index (χ0) is 15.8. The number of nitrogens with zero attached hydrogens (tertiary/aromatic N) is 3. The fourth-order valence-electron chi connectivity index (χ4n) is 2.49. The Hall–Kier alpha value is -1.04. The minimum absolute atomic E-state index is 0.101. The average Bonchev–Trinajstić information content (AvgIpc) is 3.10. The fraction of sp³-hybridized carbons (Fsp3) is 0.500. The molecule has 0 aliphatic carbocycles. The number of thioether (sulfide) groups is 1. The van der Waals surface area contributed by atoms with Crippen LogP contribution in [0.15, 0.2) is 36.9 Å². The summed E-state index contributed by atoms with van der Waals surface area (Å²) in [6, 6.07) is 7.90. The maximum absolute atomic E-state index is 6.54. The van der Waals surface area contributed by atoms with Crippen molar-refractivity contribution in [2.75, 3.05) is 5.75 Å². The molecule has 22 heavy (non-hydrogen) atoms. The summed E-state index contributed by atoms with van der Waals surface area (Å²) in [4.78, 5) is 3.59. The van der Waals surface area contributed by atoms with E-state index in [0.29, 0.717) is 6.54 Å². The van der Waals surface area contributed by atoms with E-state index >= 15 is 0 Å². The van der Waals surface area contributed by atoms with E-state index in [4.69, 9.17) is 16.3 Å². The molecule has 2 aromatic rings. The van der Waals surface area contributed by atoms with Crippen LogP contribution in [0.25, 0.3) is 0 Å². The van der Waals surface area contributed by atoms with Gasteiger partial charge in [-0.1, -0.05) is 44.5 Å². The molecule has 3 rings (SSSR count). The summed E-state index contributed by atoms with van der Waals surface area (Å²) >= 11 is 7.86. The van der Waals surface area contributed by atoms with Crippen LogP contribution in [0.1, 0.15) is 26.3 Å². The minimum atomic E-state index is -0.448. The summed E-state index contributed by atoms with van der Waals surface area (Å²) in [6.45, 7) is 7.27. The summed E-state index contributed by atoms with van der Waals surface area (Å²) < 4.78 is 8.37. The topological polar surface area (TPSA) is 39.9 Å². The molecular weight excluding hydrogens is 318 g/mol. The van der Waals surface area contributed by atoms with Crippen LogP contribution in [0.3, 0.4) is 0 Å². The average molecular weight is 338 g/mol. The van der Waals surface area contributed by atoms with Crippen LogP contribution in [0, 0.1) is 5.41 Å². The van der Waals surface area contributed by atoms with Crippen molar-refractivity contribution in [1.82, 2.24) is 14.8 Å². The lowest BCUT2D eigenvalue weighted by molar-refractivity contribution is -0.0682. The second-order valence-corrected chi connectivity index (χ2v) is 8.35. The van der Waals surface area contributed by atoms with Gasteiger partial charge < -0.3 is 4.74 Å². The Morgan fingerprint density at radius 3 is 2.64 bits per heavy atom. The molecule has 0 amide bonds. The SMILES string of the molecule is CC(C)(C)C1CSC(Cn2cncn2)(c2ccc(Cl)cc2)O1. The maximum atomic E-state index is 6.54. The van der Waals surface area contributed by atoms with Gasteiger partial charge in [-0.2, -0.15) is 5.10 Å². The second kappa shape index (κ2) is 5.87. The molecule has 0 radical (unpaired) electrons. The normalized spacial score (nSPS) is 25.5. The van der Waals surface area contributed by atoms with Gasteiger partial charge in [0.25, 0.3) is 0 Å². The molecule has 2 atom stereocenters. The van der Waals surface area contributed by atoms with Gasteiger partial charge in [0, 0.05) is 10.8 Å². The number of halogens is 1. The van der Waals surface area contributed by atoms with E-state index in [0.717, 1.165) is 16.3 Å². The number of rotatable bonds is 3. The summed E-state index contributed by atoms with van der Waals surface area (Å²) in [6.07, 6.45) is 3.47. The van der Waals surface area contributed by atoms with Gasteiger partial charge in [-0.25, -0.2) is 9.67 Å². The largest absolute Gasteiger partial charge is 0.353 e. The molecule has 0 spiro atoms. The van der Waals surface area contributed by atoms with Crippen LogP contribution in [-0.2, 0) is 16.2 Å². The van der Waals surface area contributed by atoms with E-state index in [1.54, 1.807) is 12.7 Å². The summed E-state index contributed by atoms with van der Waals surface area (Å²) in [5.74, 6) is 0.959. The standard InChI is InChI=1S/C16H20ClN3OS/c1-15(2,3)14-8-22-16(21-14,9-20-11-18-10-19-20)12-4-6-13(17)7-5-12/h4-7,10-11,14H,8-9H2,1-3H3. The van der Waals surface area contributed by atoms with Gasteiger partial charge in [0.05, 0.1) is 12.6 Å². The van der Waals surface area contributed by atoms with E-state index in [-0.39, 0.29) is 11.5 Å². The molecule has 2 unspecified atom stereocenters. The van der Waals surface area contributed by atoms with Crippen LogP contribution >= 0.6 is 23.4 Å². The third kappa shape index (κ3) is 3.16. The second-order valence-electron chi connectivity index (χ2n) is 6.64. The summed E-state index contributed by atoms with van der Waals surface area (Å²) in [5.41, 5.74) is 1.22.